The van der Waals surface area contributed by atoms with Crippen molar-refractivity contribution in [2.45, 2.75) is 6.04 Å². The van der Waals surface area contributed by atoms with Gasteiger partial charge >= 0.3 is 0 Å². The molecular weight excluding hydrogens is 314 g/mol. The summed E-state index contributed by atoms with van der Waals surface area (Å²) in [5.74, 6) is 0.641. The lowest BCUT2D eigenvalue weighted by molar-refractivity contribution is 0.0925. The van der Waals surface area contributed by atoms with Crippen LogP contribution in [0.25, 0.3) is 10.9 Å². The molecule has 0 radical (unpaired) electrons. The van der Waals surface area contributed by atoms with Crippen molar-refractivity contribution in [2.24, 2.45) is 0 Å². The van der Waals surface area contributed by atoms with Crippen LogP contribution in [0, 0.1) is 0 Å². The predicted octanol–water partition coefficient (Wildman–Crippen LogP) is 3.21. The molecule has 1 amide bonds. The van der Waals surface area contributed by atoms with Gasteiger partial charge in [-0.15, -0.1) is 0 Å². The molecule has 1 atom stereocenters. The van der Waals surface area contributed by atoms with Crippen LogP contribution in [0.5, 0.6) is 5.75 Å². The van der Waals surface area contributed by atoms with E-state index in [1.807, 2.05) is 68.7 Å². The van der Waals surface area contributed by atoms with Crippen molar-refractivity contribution in [1.29, 1.82) is 0 Å². The maximum absolute atomic E-state index is 12.7. The molecule has 0 aliphatic heterocycles. The summed E-state index contributed by atoms with van der Waals surface area (Å²) in [6, 6.07) is 17.5. The Morgan fingerprint density at radius 1 is 1.16 bits per heavy atom. The third kappa shape index (κ3) is 4.00. The minimum Gasteiger partial charge on any atom is -0.497 e. The normalized spacial score (nSPS) is 12.3. The molecular formula is C20H23N3O2. The Morgan fingerprint density at radius 2 is 1.92 bits per heavy atom. The van der Waals surface area contributed by atoms with Gasteiger partial charge in [-0.1, -0.05) is 30.3 Å². The molecule has 5 heteroatoms. The molecule has 5 nitrogen and oxygen atoms in total. The van der Waals surface area contributed by atoms with Gasteiger partial charge in [-0.2, -0.15) is 0 Å². The zero-order valence-corrected chi connectivity index (χ0v) is 14.7. The maximum Gasteiger partial charge on any atom is 0.268 e. The Balaban J connectivity index is 1.83. The number of methoxy groups -OCH3 is 1. The predicted molar refractivity (Wildman–Crippen MR) is 100 cm³/mol. The van der Waals surface area contributed by atoms with Crippen molar-refractivity contribution < 1.29 is 9.53 Å². The molecule has 3 aromatic rings. The van der Waals surface area contributed by atoms with Gasteiger partial charge in [0.1, 0.15) is 11.4 Å². The number of amides is 1. The van der Waals surface area contributed by atoms with E-state index < -0.39 is 0 Å². The summed E-state index contributed by atoms with van der Waals surface area (Å²) in [6.45, 7) is 0.726. The number of aromatic amines is 1. The van der Waals surface area contributed by atoms with Gasteiger partial charge in [-0.05, 0) is 37.9 Å². The lowest BCUT2D eigenvalue weighted by atomic mass is 10.1. The highest BCUT2D eigenvalue weighted by Gasteiger charge is 2.18. The van der Waals surface area contributed by atoms with Gasteiger partial charge in [0.15, 0.2) is 0 Å². The van der Waals surface area contributed by atoms with Gasteiger partial charge in [-0.25, -0.2) is 0 Å². The van der Waals surface area contributed by atoms with Crippen LogP contribution < -0.4 is 10.1 Å². The second kappa shape index (κ2) is 7.40. The van der Waals surface area contributed by atoms with E-state index in [1.165, 1.54) is 0 Å². The van der Waals surface area contributed by atoms with E-state index in [1.54, 1.807) is 7.11 Å². The number of likely N-dealkylation sites (N-methyl/N-ethyl adjacent to an activating group) is 1. The van der Waals surface area contributed by atoms with E-state index >= 15 is 0 Å². The monoisotopic (exact) mass is 337 g/mol. The first-order valence-corrected chi connectivity index (χ1v) is 8.24. The van der Waals surface area contributed by atoms with Gasteiger partial charge in [0.2, 0.25) is 0 Å². The summed E-state index contributed by atoms with van der Waals surface area (Å²) in [4.78, 5) is 18.0. The molecule has 0 spiro atoms. The minimum atomic E-state index is -0.120. The quantitative estimate of drug-likeness (QED) is 0.726. The van der Waals surface area contributed by atoms with Crippen LogP contribution in [0.3, 0.4) is 0 Å². The number of hydrogen-bond acceptors (Lipinski definition) is 3. The van der Waals surface area contributed by atoms with Crippen molar-refractivity contribution >= 4 is 16.8 Å². The van der Waals surface area contributed by atoms with Crippen molar-refractivity contribution in [3.8, 4) is 5.75 Å². The Labute approximate surface area is 147 Å². The lowest BCUT2D eigenvalue weighted by Gasteiger charge is -2.22. The number of carbonyl (C=O) groups is 1. The fourth-order valence-corrected chi connectivity index (χ4v) is 2.88. The van der Waals surface area contributed by atoms with Crippen LogP contribution in [0.1, 0.15) is 22.1 Å². The number of ether oxygens (including phenoxy) is 1. The number of H-pyrrole nitrogens is 1. The van der Waals surface area contributed by atoms with Crippen molar-refractivity contribution in [1.82, 2.24) is 15.2 Å². The molecule has 0 aliphatic rings. The highest BCUT2D eigenvalue weighted by atomic mass is 16.5. The second-order valence-electron chi connectivity index (χ2n) is 6.34. The van der Waals surface area contributed by atoms with Gasteiger partial charge in [0, 0.05) is 23.5 Å². The molecule has 2 aromatic carbocycles. The average Bonchev–Trinajstić information content (AvgIpc) is 3.04. The molecule has 1 aromatic heterocycles. The maximum atomic E-state index is 12.7. The van der Waals surface area contributed by atoms with E-state index in [4.69, 9.17) is 4.74 Å². The Morgan fingerprint density at radius 3 is 2.60 bits per heavy atom. The van der Waals surface area contributed by atoms with E-state index in [0.717, 1.165) is 28.8 Å². The highest BCUT2D eigenvalue weighted by molar-refractivity contribution is 5.98. The van der Waals surface area contributed by atoms with Crippen molar-refractivity contribution in [2.75, 3.05) is 27.7 Å². The van der Waals surface area contributed by atoms with Crippen LogP contribution in [0.2, 0.25) is 0 Å². The van der Waals surface area contributed by atoms with Gasteiger partial charge < -0.3 is 19.9 Å². The van der Waals surface area contributed by atoms with Gasteiger partial charge in [0.25, 0.3) is 5.91 Å². The number of fused-ring (bicyclic) bond motifs is 1. The van der Waals surface area contributed by atoms with Crippen molar-refractivity contribution in [3.05, 3.63) is 65.9 Å². The first-order valence-electron chi connectivity index (χ1n) is 8.24. The number of hydrogen-bond donors (Lipinski definition) is 2. The summed E-state index contributed by atoms with van der Waals surface area (Å²) < 4.78 is 5.23. The molecule has 1 heterocycles. The van der Waals surface area contributed by atoms with E-state index in [2.05, 4.69) is 15.2 Å². The Hall–Kier alpha value is -2.79. The molecule has 0 bridgehead atoms. The molecule has 2 N–H and O–H groups in total. The summed E-state index contributed by atoms with van der Waals surface area (Å²) in [5, 5.41) is 4.11. The number of carbonyl (C=O) groups excluding carboxylic acids is 1. The Bertz CT molecular complexity index is 856. The standard InChI is InChI=1S/C20H23N3O2/c1-23(2)13-19(14-7-5-4-6-8-14)22-20(24)18-11-15-9-10-16(25-3)12-17(15)21-18/h4-12,19,21H,13H2,1-3H3,(H,22,24)/t19-/m0/s1. The van der Waals surface area contributed by atoms with Crippen LogP contribution in [0.15, 0.2) is 54.6 Å². The molecule has 0 fully saturated rings. The summed E-state index contributed by atoms with van der Waals surface area (Å²) in [7, 11) is 5.62. The largest absolute Gasteiger partial charge is 0.497 e. The average molecular weight is 337 g/mol. The third-order valence-electron chi connectivity index (χ3n) is 4.13. The first kappa shape index (κ1) is 17.0. The van der Waals surface area contributed by atoms with Crippen LogP contribution in [-0.4, -0.2) is 43.5 Å². The SMILES string of the molecule is COc1ccc2cc(C(=O)N[C@@H](CN(C)C)c3ccccc3)[nH]c2c1. The topological polar surface area (TPSA) is 57.4 Å². The summed E-state index contributed by atoms with van der Waals surface area (Å²) >= 11 is 0. The number of rotatable bonds is 6. The number of benzene rings is 2. The fourth-order valence-electron chi connectivity index (χ4n) is 2.88. The van der Waals surface area contributed by atoms with E-state index in [0.29, 0.717) is 5.69 Å². The second-order valence-corrected chi connectivity index (χ2v) is 6.34. The molecule has 3 rings (SSSR count). The molecule has 130 valence electrons. The van der Waals surface area contributed by atoms with E-state index in [-0.39, 0.29) is 11.9 Å². The number of aromatic nitrogens is 1. The lowest BCUT2D eigenvalue weighted by Crippen LogP contribution is -2.35. The Kier molecular flexibility index (Phi) is 5.05. The third-order valence-corrected chi connectivity index (χ3v) is 4.13. The minimum absolute atomic E-state index is 0.0790. The van der Waals surface area contributed by atoms with Crippen LogP contribution >= 0.6 is 0 Å². The number of nitrogens with zero attached hydrogens (tertiary/aromatic N) is 1. The fraction of sp³-hybridized carbons (Fsp3) is 0.250. The van der Waals surface area contributed by atoms with Crippen molar-refractivity contribution in [3.63, 3.8) is 0 Å². The van der Waals surface area contributed by atoms with Gasteiger partial charge in [-0.3, -0.25) is 4.79 Å². The van der Waals surface area contributed by atoms with Crippen LogP contribution in [-0.2, 0) is 0 Å². The van der Waals surface area contributed by atoms with E-state index in [9.17, 15) is 4.79 Å². The van der Waals surface area contributed by atoms with Gasteiger partial charge in [0.05, 0.1) is 13.2 Å². The summed E-state index contributed by atoms with van der Waals surface area (Å²) in [5.41, 5.74) is 2.51. The zero-order valence-electron chi connectivity index (χ0n) is 14.7. The molecule has 25 heavy (non-hydrogen) atoms. The first-order chi connectivity index (χ1) is 12.1. The smallest absolute Gasteiger partial charge is 0.268 e. The van der Waals surface area contributed by atoms with Crippen LogP contribution in [0.4, 0.5) is 0 Å². The highest BCUT2D eigenvalue weighted by Crippen LogP contribution is 2.22. The summed E-state index contributed by atoms with van der Waals surface area (Å²) in [6.07, 6.45) is 0. The molecule has 0 saturated heterocycles. The zero-order chi connectivity index (χ0) is 17.8. The molecule has 0 saturated carbocycles. The molecule has 0 unspecified atom stereocenters. The molecule has 0 aliphatic carbocycles. The number of nitrogens with one attached hydrogen (secondary N) is 2.